The van der Waals surface area contributed by atoms with Gasteiger partial charge in [0.1, 0.15) is 5.75 Å². The average Bonchev–Trinajstić information content (AvgIpc) is 3.27. The summed E-state index contributed by atoms with van der Waals surface area (Å²) in [5, 5.41) is 5.35. The molecule has 2 atom stereocenters. The van der Waals surface area contributed by atoms with Crippen LogP contribution in [0.15, 0.2) is 64.3 Å². The Morgan fingerprint density at radius 1 is 1.20 bits per heavy atom. The number of rotatable bonds is 5. The molecule has 1 aromatic carbocycles. The van der Waals surface area contributed by atoms with Gasteiger partial charge in [-0.25, -0.2) is 4.79 Å². The molecular formula is C24H25NO4S. The van der Waals surface area contributed by atoms with Crippen molar-refractivity contribution >= 4 is 23.1 Å². The molecule has 2 heterocycles. The molecule has 2 aromatic rings. The van der Waals surface area contributed by atoms with Crippen LogP contribution < -0.4 is 10.1 Å². The third-order valence-corrected chi connectivity index (χ3v) is 6.68. The van der Waals surface area contributed by atoms with E-state index in [9.17, 15) is 9.59 Å². The van der Waals surface area contributed by atoms with Gasteiger partial charge in [-0.2, -0.15) is 0 Å². The molecule has 0 fully saturated rings. The summed E-state index contributed by atoms with van der Waals surface area (Å²) in [5.74, 6) is 0.238. The van der Waals surface area contributed by atoms with Crippen molar-refractivity contribution in [1.29, 1.82) is 0 Å². The maximum atomic E-state index is 13.4. The highest BCUT2D eigenvalue weighted by Gasteiger charge is 2.41. The summed E-state index contributed by atoms with van der Waals surface area (Å²) in [4.78, 5) is 27.1. The van der Waals surface area contributed by atoms with Gasteiger partial charge in [0.05, 0.1) is 25.2 Å². The molecule has 0 spiro atoms. The first-order chi connectivity index (χ1) is 14.5. The van der Waals surface area contributed by atoms with E-state index < -0.39 is 0 Å². The fourth-order valence-corrected chi connectivity index (χ4v) is 5.21. The standard InChI is InChI=1S/C24H25NO4S/c1-4-29-24(27)21-14(2)25-18-12-16(15-7-9-17(28-3)10-8-15)13-19(26)22(18)23(21)20-6-5-11-30-20/h5-11,16,23,25H,4,12-13H2,1-3H3/t16-,23-/m0/s1. The van der Waals surface area contributed by atoms with Gasteiger partial charge in [-0.05, 0) is 55.3 Å². The number of ketones is 1. The van der Waals surface area contributed by atoms with Gasteiger partial charge in [0.15, 0.2) is 5.78 Å². The van der Waals surface area contributed by atoms with Crippen molar-refractivity contribution < 1.29 is 19.1 Å². The Bertz CT molecular complexity index is 1020. The maximum Gasteiger partial charge on any atom is 0.336 e. The van der Waals surface area contributed by atoms with Crippen molar-refractivity contribution in [3.05, 3.63) is 74.8 Å². The second-order valence-electron chi connectivity index (χ2n) is 7.53. The number of thiophene rings is 1. The second-order valence-corrected chi connectivity index (χ2v) is 8.51. The van der Waals surface area contributed by atoms with E-state index in [-0.39, 0.29) is 23.6 Å². The van der Waals surface area contributed by atoms with Crippen LogP contribution in [0, 0.1) is 0 Å². The average molecular weight is 424 g/mol. The summed E-state index contributed by atoms with van der Waals surface area (Å²) in [5.41, 5.74) is 4.03. The number of carbonyl (C=O) groups excluding carboxylic acids is 2. The number of ether oxygens (including phenoxy) is 2. The normalized spacial score (nSPS) is 21.2. The number of esters is 1. The molecule has 5 nitrogen and oxygen atoms in total. The first-order valence-electron chi connectivity index (χ1n) is 10.1. The van der Waals surface area contributed by atoms with E-state index in [2.05, 4.69) is 5.32 Å². The lowest BCUT2D eigenvalue weighted by Crippen LogP contribution is -2.35. The van der Waals surface area contributed by atoms with Crippen molar-refractivity contribution in [3.63, 3.8) is 0 Å². The molecule has 6 heteroatoms. The van der Waals surface area contributed by atoms with E-state index in [0.717, 1.165) is 34.0 Å². The largest absolute Gasteiger partial charge is 0.497 e. The van der Waals surface area contributed by atoms with Gasteiger partial charge < -0.3 is 14.8 Å². The van der Waals surface area contributed by atoms with Gasteiger partial charge in [0, 0.05) is 28.3 Å². The summed E-state index contributed by atoms with van der Waals surface area (Å²) in [6, 6.07) is 11.8. The first-order valence-corrected chi connectivity index (χ1v) is 11.0. The van der Waals surface area contributed by atoms with Crippen LogP contribution in [0.1, 0.15) is 49.0 Å². The quantitative estimate of drug-likeness (QED) is 0.708. The highest BCUT2D eigenvalue weighted by molar-refractivity contribution is 7.10. The topological polar surface area (TPSA) is 64.6 Å². The van der Waals surface area contributed by atoms with Crippen molar-refractivity contribution in [3.8, 4) is 5.75 Å². The van der Waals surface area contributed by atoms with Crippen LogP contribution in [-0.4, -0.2) is 25.5 Å². The lowest BCUT2D eigenvalue weighted by molar-refractivity contribution is -0.138. The number of hydrogen-bond donors (Lipinski definition) is 1. The van der Waals surface area contributed by atoms with Crippen LogP contribution in [-0.2, 0) is 14.3 Å². The highest BCUT2D eigenvalue weighted by atomic mass is 32.1. The van der Waals surface area contributed by atoms with Crippen LogP contribution in [0.25, 0.3) is 0 Å². The number of methoxy groups -OCH3 is 1. The molecule has 0 amide bonds. The number of dihydropyridines is 1. The Morgan fingerprint density at radius 2 is 1.97 bits per heavy atom. The number of Topliss-reactive ketones (excluding diaryl/α,β-unsaturated/α-hetero) is 1. The Balaban J connectivity index is 1.73. The number of allylic oxidation sites excluding steroid dienone is 3. The predicted molar refractivity (Wildman–Crippen MR) is 117 cm³/mol. The summed E-state index contributed by atoms with van der Waals surface area (Å²) >= 11 is 1.56. The van der Waals surface area contributed by atoms with Crippen molar-refractivity contribution in [1.82, 2.24) is 5.32 Å². The SMILES string of the molecule is CCOC(=O)C1=C(C)NC2=C(C(=O)C[C@@H](c3ccc(OC)cc3)C2)[C@H]1c1cccs1. The van der Waals surface area contributed by atoms with Gasteiger partial charge in [-0.1, -0.05) is 18.2 Å². The van der Waals surface area contributed by atoms with Gasteiger partial charge in [0.25, 0.3) is 0 Å². The Labute approximate surface area is 180 Å². The molecule has 0 radical (unpaired) electrons. The first kappa shape index (κ1) is 20.4. The number of hydrogen-bond acceptors (Lipinski definition) is 6. The van der Waals surface area contributed by atoms with Crippen LogP contribution in [0.2, 0.25) is 0 Å². The maximum absolute atomic E-state index is 13.4. The fraction of sp³-hybridized carbons (Fsp3) is 0.333. The molecule has 0 unspecified atom stereocenters. The molecule has 156 valence electrons. The lowest BCUT2D eigenvalue weighted by Gasteiger charge is -2.36. The van der Waals surface area contributed by atoms with Crippen LogP contribution in [0.5, 0.6) is 5.75 Å². The van der Waals surface area contributed by atoms with E-state index in [1.807, 2.05) is 48.7 Å². The zero-order valence-electron chi connectivity index (χ0n) is 17.4. The molecule has 0 saturated carbocycles. The Hall–Kier alpha value is -2.86. The third-order valence-electron chi connectivity index (χ3n) is 5.74. The molecule has 2 aliphatic rings. The minimum atomic E-state index is -0.371. The van der Waals surface area contributed by atoms with E-state index in [1.54, 1.807) is 25.4 Å². The van der Waals surface area contributed by atoms with Crippen molar-refractivity contribution in [2.24, 2.45) is 0 Å². The molecule has 1 aliphatic heterocycles. The smallest absolute Gasteiger partial charge is 0.336 e. The molecule has 1 aliphatic carbocycles. The summed E-state index contributed by atoms with van der Waals surface area (Å²) < 4.78 is 10.6. The Morgan fingerprint density at radius 3 is 2.60 bits per heavy atom. The fourth-order valence-electron chi connectivity index (χ4n) is 4.37. The zero-order valence-corrected chi connectivity index (χ0v) is 18.2. The summed E-state index contributed by atoms with van der Waals surface area (Å²) in [7, 11) is 1.64. The zero-order chi connectivity index (χ0) is 21.3. The van der Waals surface area contributed by atoms with E-state index in [0.29, 0.717) is 24.2 Å². The summed E-state index contributed by atoms with van der Waals surface area (Å²) in [6.45, 7) is 3.98. The minimum Gasteiger partial charge on any atom is -0.497 e. The number of carbonyl (C=O) groups is 2. The molecular weight excluding hydrogens is 398 g/mol. The number of benzene rings is 1. The predicted octanol–water partition coefficient (Wildman–Crippen LogP) is 4.68. The van der Waals surface area contributed by atoms with E-state index >= 15 is 0 Å². The van der Waals surface area contributed by atoms with Crippen LogP contribution in [0.3, 0.4) is 0 Å². The van der Waals surface area contributed by atoms with Crippen molar-refractivity contribution in [2.45, 2.75) is 38.5 Å². The molecule has 30 heavy (non-hydrogen) atoms. The molecule has 0 bridgehead atoms. The van der Waals surface area contributed by atoms with Crippen LogP contribution in [0.4, 0.5) is 0 Å². The molecule has 4 rings (SSSR count). The minimum absolute atomic E-state index is 0.0808. The molecule has 0 saturated heterocycles. The van der Waals surface area contributed by atoms with Gasteiger partial charge in [-0.3, -0.25) is 4.79 Å². The monoisotopic (exact) mass is 423 g/mol. The lowest BCUT2D eigenvalue weighted by atomic mass is 9.73. The molecule has 1 aromatic heterocycles. The highest BCUT2D eigenvalue weighted by Crippen LogP contribution is 2.46. The molecule has 1 N–H and O–H groups in total. The van der Waals surface area contributed by atoms with Gasteiger partial charge in [0.2, 0.25) is 0 Å². The number of nitrogens with one attached hydrogen (secondary N) is 1. The van der Waals surface area contributed by atoms with Crippen LogP contribution >= 0.6 is 11.3 Å². The van der Waals surface area contributed by atoms with E-state index in [1.165, 1.54) is 0 Å². The second kappa shape index (κ2) is 8.48. The summed E-state index contributed by atoms with van der Waals surface area (Å²) in [6.07, 6.45) is 1.15. The Kier molecular flexibility index (Phi) is 5.77. The van der Waals surface area contributed by atoms with Gasteiger partial charge >= 0.3 is 5.97 Å². The van der Waals surface area contributed by atoms with Gasteiger partial charge in [-0.15, -0.1) is 11.3 Å². The van der Waals surface area contributed by atoms with E-state index in [4.69, 9.17) is 9.47 Å². The van der Waals surface area contributed by atoms with Crippen molar-refractivity contribution in [2.75, 3.05) is 13.7 Å². The third kappa shape index (κ3) is 3.67.